The molecule has 158 valence electrons. The van der Waals surface area contributed by atoms with Crippen LogP contribution in [0.5, 0.6) is 0 Å². The summed E-state index contributed by atoms with van der Waals surface area (Å²) >= 11 is 6.81. The number of fused-ring (bicyclic) bond motifs is 1. The van der Waals surface area contributed by atoms with E-state index in [1.54, 1.807) is 0 Å². The molecule has 4 rings (SSSR count). The van der Waals surface area contributed by atoms with Gasteiger partial charge in [0.05, 0.1) is 12.1 Å². The average Bonchev–Trinajstić information content (AvgIpc) is 2.76. The first-order valence-corrected chi connectivity index (χ1v) is 11.5. The van der Waals surface area contributed by atoms with Gasteiger partial charge in [-0.15, -0.1) is 0 Å². The summed E-state index contributed by atoms with van der Waals surface area (Å²) in [6, 6.07) is 15.0. The van der Waals surface area contributed by atoms with Crippen LogP contribution >= 0.6 is 31.9 Å². The van der Waals surface area contributed by atoms with Crippen LogP contribution in [-0.2, 0) is 32.5 Å². The fourth-order valence-electron chi connectivity index (χ4n) is 3.89. The topological polar surface area (TPSA) is 59.1 Å². The molecule has 1 aliphatic carbocycles. The standard InChI is InChI=1S/C22H22Br2N2O4/c23-17-9-5-15(6-10-17)13-29-25-19-3-1-2-4-20(19)26(22(28)21(25)27)30-14-16-7-11-18(24)12-8-16/h5-12,19-20H,1-4,13-14H2/t19-,20+. The fourth-order valence-corrected chi connectivity index (χ4v) is 4.42. The van der Waals surface area contributed by atoms with Crippen molar-refractivity contribution in [3.8, 4) is 0 Å². The second kappa shape index (κ2) is 9.60. The zero-order valence-corrected chi connectivity index (χ0v) is 19.5. The van der Waals surface area contributed by atoms with Gasteiger partial charge in [-0.3, -0.25) is 19.3 Å². The monoisotopic (exact) mass is 536 g/mol. The Kier molecular flexibility index (Phi) is 6.87. The van der Waals surface area contributed by atoms with Crippen molar-refractivity contribution in [3.05, 3.63) is 68.6 Å². The van der Waals surface area contributed by atoms with Gasteiger partial charge in [0.1, 0.15) is 13.2 Å². The molecule has 2 aromatic rings. The van der Waals surface area contributed by atoms with E-state index >= 15 is 0 Å². The minimum Gasteiger partial charge on any atom is -0.265 e. The van der Waals surface area contributed by atoms with Crippen molar-refractivity contribution in [3.63, 3.8) is 0 Å². The molecule has 2 amide bonds. The van der Waals surface area contributed by atoms with Gasteiger partial charge in [0.2, 0.25) is 0 Å². The fraction of sp³-hybridized carbons (Fsp3) is 0.364. The number of hydrogen-bond donors (Lipinski definition) is 0. The summed E-state index contributed by atoms with van der Waals surface area (Å²) in [6.07, 6.45) is 3.53. The second-order valence-corrected chi connectivity index (χ2v) is 9.31. The van der Waals surface area contributed by atoms with Gasteiger partial charge in [-0.2, -0.15) is 0 Å². The summed E-state index contributed by atoms with van der Waals surface area (Å²) < 4.78 is 1.95. The van der Waals surface area contributed by atoms with Gasteiger partial charge in [-0.25, -0.2) is 10.1 Å². The Hall–Kier alpha value is -1.74. The van der Waals surface area contributed by atoms with E-state index in [0.29, 0.717) is 0 Å². The summed E-state index contributed by atoms with van der Waals surface area (Å²) in [5.74, 6) is -1.35. The Morgan fingerprint density at radius 3 is 1.43 bits per heavy atom. The third kappa shape index (κ3) is 4.77. The Balaban J connectivity index is 1.46. The zero-order valence-electron chi connectivity index (χ0n) is 16.3. The van der Waals surface area contributed by atoms with Crippen molar-refractivity contribution in [1.29, 1.82) is 0 Å². The number of hydrogen-bond acceptors (Lipinski definition) is 4. The molecule has 30 heavy (non-hydrogen) atoms. The van der Waals surface area contributed by atoms with E-state index < -0.39 is 11.8 Å². The maximum Gasteiger partial charge on any atom is 0.338 e. The maximum absolute atomic E-state index is 12.8. The molecule has 0 bridgehead atoms. The highest BCUT2D eigenvalue weighted by molar-refractivity contribution is 9.10. The first-order valence-electron chi connectivity index (χ1n) is 9.94. The van der Waals surface area contributed by atoms with Crippen LogP contribution in [0.3, 0.4) is 0 Å². The van der Waals surface area contributed by atoms with Crippen molar-refractivity contribution in [2.24, 2.45) is 0 Å². The predicted molar refractivity (Wildman–Crippen MR) is 118 cm³/mol. The van der Waals surface area contributed by atoms with Gasteiger partial charge in [-0.05, 0) is 48.2 Å². The summed E-state index contributed by atoms with van der Waals surface area (Å²) in [4.78, 5) is 37.4. The van der Waals surface area contributed by atoms with Gasteiger partial charge in [0, 0.05) is 8.95 Å². The van der Waals surface area contributed by atoms with Gasteiger partial charge in [0.25, 0.3) is 0 Å². The van der Waals surface area contributed by atoms with E-state index in [2.05, 4.69) is 31.9 Å². The molecule has 0 radical (unpaired) electrons. The first kappa shape index (κ1) is 21.5. The van der Waals surface area contributed by atoms with Crippen LogP contribution in [0.25, 0.3) is 0 Å². The lowest BCUT2D eigenvalue weighted by molar-refractivity contribution is -0.270. The van der Waals surface area contributed by atoms with Crippen molar-refractivity contribution >= 4 is 43.7 Å². The van der Waals surface area contributed by atoms with E-state index in [0.717, 1.165) is 45.8 Å². The largest absolute Gasteiger partial charge is 0.338 e. The van der Waals surface area contributed by atoms with Crippen LogP contribution in [0, 0.1) is 0 Å². The van der Waals surface area contributed by atoms with Gasteiger partial charge in [0.15, 0.2) is 0 Å². The zero-order chi connectivity index (χ0) is 21.1. The molecule has 0 N–H and O–H groups in total. The molecule has 8 heteroatoms. The quantitative estimate of drug-likeness (QED) is 0.499. The lowest BCUT2D eigenvalue weighted by atomic mass is 9.88. The van der Waals surface area contributed by atoms with E-state index in [1.807, 2.05) is 48.5 Å². The van der Waals surface area contributed by atoms with E-state index in [1.165, 1.54) is 10.1 Å². The first-order chi connectivity index (χ1) is 14.5. The molecule has 1 saturated carbocycles. The van der Waals surface area contributed by atoms with Gasteiger partial charge >= 0.3 is 11.8 Å². The second-order valence-electron chi connectivity index (χ2n) is 7.48. The number of amides is 2. The highest BCUT2D eigenvalue weighted by Gasteiger charge is 2.48. The highest BCUT2D eigenvalue weighted by Crippen LogP contribution is 2.32. The Morgan fingerprint density at radius 2 is 1.07 bits per heavy atom. The lowest BCUT2D eigenvalue weighted by Crippen LogP contribution is -2.65. The number of rotatable bonds is 6. The number of halogens is 2. The van der Waals surface area contributed by atoms with Gasteiger partial charge in [-0.1, -0.05) is 69.0 Å². The molecule has 6 nitrogen and oxygen atoms in total. The molecule has 0 unspecified atom stereocenters. The predicted octanol–water partition coefficient (Wildman–Crippen LogP) is 4.76. The molecule has 0 spiro atoms. The van der Waals surface area contributed by atoms with Crippen molar-refractivity contribution in [2.45, 2.75) is 51.0 Å². The number of carbonyl (C=O) groups is 2. The number of benzene rings is 2. The smallest absolute Gasteiger partial charge is 0.265 e. The summed E-state index contributed by atoms with van der Waals surface area (Å²) in [7, 11) is 0. The maximum atomic E-state index is 12.8. The Labute approximate surface area is 192 Å². The molecular weight excluding hydrogens is 516 g/mol. The number of hydroxylamine groups is 4. The minimum atomic E-state index is -0.675. The van der Waals surface area contributed by atoms with Gasteiger partial charge < -0.3 is 0 Å². The van der Waals surface area contributed by atoms with Crippen LogP contribution in [-0.4, -0.2) is 34.0 Å². The normalized spacial score (nSPS) is 21.7. The summed E-state index contributed by atoms with van der Waals surface area (Å²) in [5.41, 5.74) is 1.86. The van der Waals surface area contributed by atoms with Crippen LogP contribution in [0.1, 0.15) is 36.8 Å². The molecule has 1 heterocycles. The van der Waals surface area contributed by atoms with E-state index in [9.17, 15) is 9.59 Å². The molecule has 1 aliphatic heterocycles. The summed E-state index contributed by atoms with van der Waals surface area (Å²) in [6.45, 7) is 0.463. The van der Waals surface area contributed by atoms with E-state index in [4.69, 9.17) is 9.68 Å². The van der Waals surface area contributed by atoms with Crippen LogP contribution in [0.2, 0.25) is 0 Å². The molecule has 2 aliphatic rings. The lowest BCUT2D eigenvalue weighted by Gasteiger charge is -2.46. The number of nitrogens with zero attached hydrogens (tertiary/aromatic N) is 2. The molecule has 0 aromatic heterocycles. The third-order valence-electron chi connectivity index (χ3n) is 5.45. The van der Waals surface area contributed by atoms with Crippen LogP contribution < -0.4 is 0 Å². The molecule has 1 saturated heterocycles. The molecular formula is C22H22Br2N2O4. The van der Waals surface area contributed by atoms with E-state index in [-0.39, 0.29) is 25.3 Å². The highest BCUT2D eigenvalue weighted by atomic mass is 79.9. The average molecular weight is 538 g/mol. The molecule has 2 atom stereocenters. The number of carbonyl (C=O) groups excluding carboxylic acids is 2. The SMILES string of the molecule is O=C1C(=O)N(OCc2ccc(Br)cc2)[C@H]2CCCC[C@H]2N1OCc1ccc(Br)cc1. The number of piperazine rings is 1. The van der Waals surface area contributed by atoms with Crippen LogP contribution in [0.15, 0.2) is 57.5 Å². The Morgan fingerprint density at radius 1 is 0.700 bits per heavy atom. The van der Waals surface area contributed by atoms with Crippen LogP contribution in [0.4, 0.5) is 0 Å². The minimum absolute atomic E-state index is 0.204. The third-order valence-corrected chi connectivity index (χ3v) is 6.50. The molecule has 2 aromatic carbocycles. The molecule has 2 fully saturated rings. The van der Waals surface area contributed by atoms with Crippen molar-refractivity contribution in [2.75, 3.05) is 0 Å². The van der Waals surface area contributed by atoms with Crippen molar-refractivity contribution < 1.29 is 19.3 Å². The van der Waals surface area contributed by atoms with Crippen molar-refractivity contribution in [1.82, 2.24) is 10.1 Å². The summed E-state index contributed by atoms with van der Waals surface area (Å²) in [5, 5.41) is 2.57. The Bertz CT molecular complexity index is 829.